The fourth-order valence-corrected chi connectivity index (χ4v) is 2.60. The van der Waals surface area contributed by atoms with Crippen molar-refractivity contribution in [3.63, 3.8) is 0 Å². The summed E-state index contributed by atoms with van der Waals surface area (Å²) in [5.41, 5.74) is 0.137. The van der Waals surface area contributed by atoms with E-state index in [1.54, 1.807) is 25.1 Å². The molecule has 2 aromatic carbocycles. The van der Waals surface area contributed by atoms with Crippen molar-refractivity contribution in [3.8, 4) is 0 Å². The van der Waals surface area contributed by atoms with Gasteiger partial charge in [0.15, 0.2) is 6.61 Å². The number of alkyl halides is 3. The molecule has 2 aromatic rings. The summed E-state index contributed by atoms with van der Waals surface area (Å²) in [5, 5.41) is 7.47. The molecule has 8 nitrogen and oxygen atoms in total. The molecule has 12 heteroatoms. The van der Waals surface area contributed by atoms with Crippen molar-refractivity contribution >= 4 is 41.0 Å². The zero-order valence-corrected chi connectivity index (χ0v) is 18.0. The summed E-state index contributed by atoms with van der Waals surface area (Å²) in [6.07, 6.45) is -4.53. The zero-order valence-electron chi connectivity index (χ0n) is 17.2. The lowest BCUT2D eigenvalue weighted by molar-refractivity contribution is -0.147. The lowest BCUT2D eigenvalue weighted by Gasteiger charge is -2.10. The van der Waals surface area contributed by atoms with Gasteiger partial charge in [-0.3, -0.25) is 19.2 Å². The Labute approximate surface area is 191 Å². The second-order valence-corrected chi connectivity index (χ2v) is 7.06. The topological polar surface area (TPSA) is 114 Å². The maximum absolute atomic E-state index is 12.5. The van der Waals surface area contributed by atoms with E-state index in [0.29, 0.717) is 16.3 Å². The number of hydrogen-bond acceptors (Lipinski definition) is 5. The van der Waals surface area contributed by atoms with Gasteiger partial charge < -0.3 is 20.7 Å². The van der Waals surface area contributed by atoms with E-state index in [0.717, 1.165) is 24.3 Å². The quantitative estimate of drug-likeness (QED) is 0.498. The number of nitrogens with one attached hydrogen (secondary N) is 3. The van der Waals surface area contributed by atoms with Crippen LogP contribution in [-0.4, -0.2) is 43.4 Å². The Hall–Kier alpha value is -3.60. The second-order valence-electron chi connectivity index (χ2n) is 6.66. The molecule has 0 radical (unpaired) electrons. The Morgan fingerprint density at radius 2 is 1.61 bits per heavy atom. The van der Waals surface area contributed by atoms with Crippen molar-refractivity contribution in [2.75, 3.05) is 25.0 Å². The molecule has 176 valence electrons. The van der Waals surface area contributed by atoms with Gasteiger partial charge in [0.25, 0.3) is 11.8 Å². The standard InChI is InChI=1S/C21H19ClF3N3O5/c1-12-15(22)3-2-4-16(12)28-17(29)9-26-18(30)11-33-19(31)10-27-20(32)13-5-7-14(8-6-13)21(23,24)25/h2-8H,9-11H2,1H3,(H,26,30)(H,27,32)(H,28,29). The van der Waals surface area contributed by atoms with Crippen LogP contribution in [0.1, 0.15) is 21.5 Å². The third-order valence-electron chi connectivity index (χ3n) is 4.22. The van der Waals surface area contributed by atoms with Crippen molar-refractivity contribution in [2.45, 2.75) is 13.1 Å². The number of carbonyl (C=O) groups is 4. The minimum absolute atomic E-state index is 0.0884. The molecule has 0 aliphatic carbocycles. The molecule has 0 spiro atoms. The molecule has 3 amide bonds. The first-order chi connectivity index (χ1) is 15.5. The summed E-state index contributed by atoms with van der Waals surface area (Å²) in [6.45, 7) is 0.0272. The number of ether oxygens (including phenoxy) is 1. The van der Waals surface area contributed by atoms with Crippen LogP contribution in [0, 0.1) is 6.92 Å². The van der Waals surface area contributed by atoms with Gasteiger partial charge in [0, 0.05) is 16.3 Å². The largest absolute Gasteiger partial charge is 0.454 e. The predicted octanol–water partition coefficient (Wildman–Crippen LogP) is 2.70. The van der Waals surface area contributed by atoms with Crippen molar-refractivity contribution in [2.24, 2.45) is 0 Å². The van der Waals surface area contributed by atoms with E-state index >= 15 is 0 Å². The summed E-state index contributed by atoms with van der Waals surface area (Å²) < 4.78 is 42.3. The molecule has 0 unspecified atom stereocenters. The highest BCUT2D eigenvalue weighted by Crippen LogP contribution is 2.29. The lowest BCUT2D eigenvalue weighted by Crippen LogP contribution is -2.37. The minimum atomic E-state index is -4.53. The number of esters is 1. The maximum Gasteiger partial charge on any atom is 0.416 e. The Morgan fingerprint density at radius 3 is 2.24 bits per heavy atom. The van der Waals surface area contributed by atoms with Crippen LogP contribution in [0.5, 0.6) is 0 Å². The van der Waals surface area contributed by atoms with Crippen molar-refractivity contribution < 1.29 is 37.1 Å². The molecular weight excluding hydrogens is 467 g/mol. The average Bonchev–Trinajstić information content (AvgIpc) is 2.77. The molecule has 0 bridgehead atoms. The Bertz CT molecular complexity index is 1040. The normalized spacial score (nSPS) is 10.8. The number of anilines is 1. The number of halogens is 4. The molecule has 0 atom stereocenters. The number of carbonyl (C=O) groups excluding carboxylic acids is 4. The molecular formula is C21H19ClF3N3O5. The van der Waals surface area contributed by atoms with Gasteiger partial charge in [-0.25, -0.2) is 0 Å². The summed E-state index contributed by atoms with van der Waals surface area (Å²) in [6, 6.07) is 8.36. The number of hydrogen-bond donors (Lipinski definition) is 3. The lowest BCUT2D eigenvalue weighted by atomic mass is 10.1. The highest BCUT2D eigenvalue weighted by Gasteiger charge is 2.30. The SMILES string of the molecule is Cc1c(Cl)cccc1NC(=O)CNC(=O)COC(=O)CNC(=O)c1ccc(C(F)(F)F)cc1. The van der Waals surface area contributed by atoms with E-state index in [2.05, 4.69) is 20.7 Å². The van der Waals surface area contributed by atoms with E-state index in [9.17, 15) is 32.3 Å². The third kappa shape index (κ3) is 8.11. The summed E-state index contributed by atoms with van der Waals surface area (Å²) in [4.78, 5) is 47.2. The van der Waals surface area contributed by atoms with Crippen LogP contribution >= 0.6 is 11.6 Å². The van der Waals surface area contributed by atoms with Crippen LogP contribution in [0.4, 0.5) is 18.9 Å². The number of benzene rings is 2. The van der Waals surface area contributed by atoms with Gasteiger partial charge in [0.05, 0.1) is 12.1 Å². The summed E-state index contributed by atoms with van der Waals surface area (Å²) in [7, 11) is 0. The number of amides is 3. The monoisotopic (exact) mass is 485 g/mol. The fourth-order valence-electron chi connectivity index (χ4n) is 2.43. The predicted molar refractivity (Wildman–Crippen MR) is 113 cm³/mol. The number of rotatable bonds is 8. The summed E-state index contributed by atoms with van der Waals surface area (Å²) >= 11 is 5.96. The highest BCUT2D eigenvalue weighted by atomic mass is 35.5. The van der Waals surface area contributed by atoms with Gasteiger partial charge >= 0.3 is 12.1 Å². The van der Waals surface area contributed by atoms with E-state index in [4.69, 9.17) is 11.6 Å². The molecule has 0 aromatic heterocycles. The molecule has 0 fully saturated rings. The van der Waals surface area contributed by atoms with Crippen LogP contribution in [0.3, 0.4) is 0 Å². The molecule has 0 heterocycles. The van der Waals surface area contributed by atoms with Crippen molar-refractivity contribution in [1.29, 1.82) is 0 Å². The molecule has 0 saturated carbocycles. The first-order valence-corrected chi connectivity index (χ1v) is 9.78. The van der Waals surface area contributed by atoms with Crippen LogP contribution in [0.15, 0.2) is 42.5 Å². The smallest absolute Gasteiger partial charge is 0.416 e. The third-order valence-corrected chi connectivity index (χ3v) is 4.63. The highest BCUT2D eigenvalue weighted by molar-refractivity contribution is 6.31. The van der Waals surface area contributed by atoms with Crippen molar-refractivity contribution in [3.05, 3.63) is 64.2 Å². The van der Waals surface area contributed by atoms with Gasteiger partial charge in [-0.05, 0) is 48.9 Å². The van der Waals surface area contributed by atoms with E-state index in [1.165, 1.54) is 0 Å². The summed E-state index contributed by atoms with van der Waals surface area (Å²) in [5.74, 6) is -3.03. The van der Waals surface area contributed by atoms with Gasteiger partial charge in [0.2, 0.25) is 5.91 Å². The van der Waals surface area contributed by atoms with E-state index in [1.807, 2.05) is 0 Å². The van der Waals surface area contributed by atoms with Crippen LogP contribution in [0.25, 0.3) is 0 Å². The zero-order chi connectivity index (χ0) is 24.6. The van der Waals surface area contributed by atoms with E-state index in [-0.39, 0.29) is 12.1 Å². The van der Waals surface area contributed by atoms with Gasteiger partial charge in [-0.15, -0.1) is 0 Å². The van der Waals surface area contributed by atoms with Crippen LogP contribution in [-0.2, 0) is 25.3 Å². The van der Waals surface area contributed by atoms with Gasteiger partial charge in [-0.1, -0.05) is 17.7 Å². The molecule has 33 heavy (non-hydrogen) atoms. The van der Waals surface area contributed by atoms with E-state index < -0.39 is 48.6 Å². The first kappa shape index (κ1) is 25.7. The Balaban J connectivity index is 1.69. The molecule has 0 aliphatic heterocycles. The Morgan fingerprint density at radius 1 is 0.939 bits per heavy atom. The van der Waals surface area contributed by atoms with Gasteiger partial charge in [-0.2, -0.15) is 13.2 Å². The maximum atomic E-state index is 12.5. The minimum Gasteiger partial charge on any atom is -0.454 e. The molecule has 0 saturated heterocycles. The van der Waals surface area contributed by atoms with Crippen molar-refractivity contribution in [1.82, 2.24) is 10.6 Å². The second kappa shape index (κ2) is 11.3. The molecule has 0 aliphatic rings. The van der Waals surface area contributed by atoms with Gasteiger partial charge in [0.1, 0.15) is 6.54 Å². The Kier molecular flexibility index (Phi) is 8.80. The molecule has 2 rings (SSSR count). The first-order valence-electron chi connectivity index (χ1n) is 9.40. The van der Waals surface area contributed by atoms with Crippen LogP contribution < -0.4 is 16.0 Å². The fraction of sp³-hybridized carbons (Fsp3) is 0.238. The molecule has 3 N–H and O–H groups in total. The average molecular weight is 486 g/mol. The van der Waals surface area contributed by atoms with Crippen LogP contribution in [0.2, 0.25) is 5.02 Å².